The van der Waals surface area contributed by atoms with Gasteiger partial charge in [-0.25, -0.2) is 0 Å². The van der Waals surface area contributed by atoms with Gasteiger partial charge in [0.05, 0.1) is 18.8 Å². The number of azide groups is 1. The summed E-state index contributed by atoms with van der Waals surface area (Å²) in [6, 6.07) is 17.0. The number of nitrogens with zero attached hydrogens (tertiary/aromatic N) is 3. The van der Waals surface area contributed by atoms with Crippen molar-refractivity contribution in [3.05, 3.63) is 71.1 Å². The van der Waals surface area contributed by atoms with Crippen LogP contribution in [-0.4, -0.2) is 34.6 Å². The van der Waals surface area contributed by atoms with Crippen molar-refractivity contribution < 1.29 is 14.8 Å². The van der Waals surface area contributed by atoms with Gasteiger partial charge in [-0.3, -0.25) is 0 Å². The molecular weight excluding hydrogens is 337 g/mol. The van der Waals surface area contributed by atoms with E-state index in [9.17, 15) is 14.8 Å². The fourth-order valence-electron chi connectivity index (χ4n) is 3.08. The van der Waals surface area contributed by atoms with Gasteiger partial charge in [-0.2, -0.15) is 0 Å². The average molecular weight is 359 g/mol. The van der Waals surface area contributed by atoms with Crippen molar-refractivity contribution in [3.63, 3.8) is 0 Å². The summed E-state index contributed by atoms with van der Waals surface area (Å²) in [5.74, 6) is 0. The van der Waals surface area contributed by atoms with Crippen molar-refractivity contribution in [2.75, 3.05) is 6.61 Å². The standard InChI is InChI=1S/C18H22N3O3P/c1-2-17(18(23)16(13-22)20-21-19)25(24,14-9-5-3-6-10-14)15-11-7-4-8-12-15/h3-12,16-18,22-23H,2,13H2,1H3/t16-,17+,18-/m1/s1. The Morgan fingerprint density at radius 2 is 1.56 bits per heavy atom. The maximum atomic E-state index is 14.2. The van der Waals surface area contributed by atoms with E-state index in [-0.39, 0.29) is 0 Å². The first kappa shape index (κ1) is 19.2. The lowest BCUT2D eigenvalue weighted by Crippen LogP contribution is -2.42. The Kier molecular flexibility index (Phi) is 6.80. The second-order valence-corrected chi connectivity index (χ2v) is 8.76. The molecule has 0 radical (unpaired) electrons. The summed E-state index contributed by atoms with van der Waals surface area (Å²) in [5, 5.41) is 25.0. The van der Waals surface area contributed by atoms with E-state index in [1.807, 2.05) is 19.1 Å². The highest BCUT2D eigenvalue weighted by Gasteiger charge is 2.42. The van der Waals surface area contributed by atoms with E-state index in [1.54, 1.807) is 48.5 Å². The molecule has 0 unspecified atom stereocenters. The van der Waals surface area contributed by atoms with Crippen molar-refractivity contribution in [2.24, 2.45) is 5.11 Å². The van der Waals surface area contributed by atoms with Crippen LogP contribution in [0, 0.1) is 0 Å². The van der Waals surface area contributed by atoms with Gasteiger partial charge in [0.1, 0.15) is 7.14 Å². The van der Waals surface area contributed by atoms with Crippen LogP contribution >= 0.6 is 7.14 Å². The van der Waals surface area contributed by atoms with Crippen LogP contribution in [0.15, 0.2) is 65.8 Å². The van der Waals surface area contributed by atoms with Crippen LogP contribution in [0.4, 0.5) is 0 Å². The van der Waals surface area contributed by atoms with Gasteiger partial charge in [0.25, 0.3) is 0 Å². The molecule has 6 nitrogen and oxygen atoms in total. The van der Waals surface area contributed by atoms with Crippen LogP contribution in [0.25, 0.3) is 10.4 Å². The van der Waals surface area contributed by atoms with Gasteiger partial charge in [0, 0.05) is 21.2 Å². The summed E-state index contributed by atoms with van der Waals surface area (Å²) in [6.45, 7) is 1.32. The molecule has 0 heterocycles. The average Bonchev–Trinajstić information content (AvgIpc) is 2.67. The van der Waals surface area contributed by atoms with Crippen LogP contribution in [0.2, 0.25) is 0 Å². The number of aliphatic hydroxyl groups excluding tert-OH is 2. The fraction of sp³-hybridized carbons (Fsp3) is 0.333. The van der Waals surface area contributed by atoms with Gasteiger partial charge in [-0.05, 0) is 12.0 Å². The molecule has 3 atom stereocenters. The highest BCUT2D eigenvalue weighted by atomic mass is 31.2. The van der Waals surface area contributed by atoms with E-state index in [0.717, 1.165) is 0 Å². The molecule has 2 aromatic carbocycles. The largest absolute Gasteiger partial charge is 0.396 e. The fourth-order valence-corrected chi connectivity index (χ4v) is 6.52. The van der Waals surface area contributed by atoms with Gasteiger partial charge in [-0.15, -0.1) is 0 Å². The van der Waals surface area contributed by atoms with E-state index in [1.165, 1.54) is 0 Å². The molecule has 0 aliphatic carbocycles. The Labute approximate surface area is 147 Å². The molecule has 2 aromatic rings. The molecule has 0 aromatic heterocycles. The molecule has 0 fully saturated rings. The number of hydrogen-bond donors (Lipinski definition) is 2. The van der Waals surface area contributed by atoms with E-state index in [0.29, 0.717) is 17.0 Å². The van der Waals surface area contributed by atoms with Crippen molar-refractivity contribution in [3.8, 4) is 0 Å². The highest BCUT2D eigenvalue weighted by Crippen LogP contribution is 2.51. The lowest BCUT2D eigenvalue weighted by Gasteiger charge is -2.33. The molecule has 0 aliphatic heterocycles. The zero-order valence-corrected chi connectivity index (χ0v) is 14.9. The maximum absolute atomic E-state index is 14.2. The van der Waals surface area contributed by atoms with Crippen LogP contribution < -0.4 is 10.6 Å². The number of hydrogen-bond acceptors (Lipinski definition) is 4. The monoisotopic (exact) mass is 359 g/mol. The summed E-state index contributed by atoms with van der Waals surface area (Å²) < 4.78 is 14.2. The molecular formula is C18H22N3O3P. The minimum absolute atomic E-state index is 0.402. The normalized spacial score (nSPS) is 15.0. The Bertz CT molecular complexity index is 720. The number of aliphatic hydroxyl groups is 2. The first-order chi connectivity index (χ1) is 12.1. The molecule has 132 valence electrons. The second kappa shape index (κ2) is 8.84. The molecule has 25 heavy (non-hydrogen) atoms. The minimum Gasteiger partial charge on any atom is -0.396 e. The zero-order valence-electron chi connectivity index (χ0n) is 14.0. The third-order valence-electron chi connectivity index (χ3n) is 4.34. The third kappa shape index (κ3) is 3.94. The van der Waals surface area contributed by atoms with Crippen molar-refractivity contribution in [1.82, 2.24) is 0 Å². The molecule has 2 N–H and O–H groups in total. The molecule has 2 rings (SSSR count). The van der Waals surface area contributed by atoms with Crippen molar-refractivity contribution in [2.45, 2.75) is 31.1 Å². The maximum Gasteiger partial charge on any atom is 0.148 e. The SMILES string of the molecule is CC[C@@H]([C@H](O)[C@@H](CO)N=[N+]=[N-])P(=O)(c1ccccc1)c1ccccc1. The van der Waals surface area contributed by atoms with Gasteiger partial charge in [0.15, 0.2) is 0 Å². The van der Waals surface area contributed by atoms with Crippen LogP contribution in [0.1, 0.15) is 13.3 Å². The number of rotatable bonds is 8. The molecule has 0 saturated carbocycles. The zero-order chi connectivity index (χ0) is 18.3. The van der Waals surface area contributed by atoms with E-state index in [2.05, 4.69) is 10.0 Å². The predicted molar refractivity (Wildman–Crippen MR) is 99.9 cm³/mol. The quantitative estimate of drug-likeness (QED) is 0.327. The molecule has 0 spiro atoms. The first-order valence-corrected chi connectivity index (χ1v) is 9.91. The van der Waals surface area contributed by atoms with E-state index < -0.39 is 31.6 Å². The second-order valence-electron chi connectivity index (χ2n) is 5.75. The lowest BCUT2D eigenvalue weighted by atomic mass is 10.1. The Balaban J connectivity index is 2.62. The predicted octanol–water partition coefficient (Wildman–Crippen LogP) is 2.81. The molecule has 7 heteroatoms. The first-order valence-electron chi connectivity index (χ1n) is 8.13. The van der Waals surface area contributed by atoms with Gasteiger partial charge >= 0.3 is 0 Å². The molecule has 0 bridgehead atoms. The molecule has 0 aliphatic rings. The third-order valence-corrected chi connectivity index (χ3v) is 8.08. The minimum atomic E-state index is -3.23. The topological polar surface area (TPSA) is 106 Å². The van der Waals surface area contributed by atoms with E-state index in [4.69, 9.17) is 5.53 Å². The smallest absolute Gasteiger partial charge is 0.148 e. The molecule has 0 amide bonds. The summed E-state index contributed by atoms with van der Waals surface area (Å²) in [6.07, 6.45) is -0.822. The van der Waals surface area contributed by atoms with Crippen molar-refractivity contribution >= 4 is 17.8 Å². The lowest BCUT2D eigenvalue weighted by molar-refractivity contribution is 0.103. The summed E-state index contributed by atoms with van der Waals surface area (Å²) >= 11 is 0. The Morgan fingerprint density at radius 3 is 1.92 bits per heavy atom. The number of benzene rings is 2. The molecule has 0 saturated heterocycles. The van der Waals surface area contributed by atoms with Gasteiger partial charge in [-0.1, -0.05) is 72.7 Å². The Hall–Kier alpha value is -2.10. The highest BCUT2D eigenvalue weighted by molar-refractivity contribution is 7.79. The van der Waals surface area contributed by atoms with Crippen LogP contribution in [0.3, 0.4) is 0 Å². The Morgan fingerprint density at radius 1 is 1.08 bits per heavy atom. The van der Waals surface area contributed by atoms with Crippen LogP contribution in [0.5, 0.6) is 0 Å². The van der Waals surface area contributed by atoms with Gasteiger partial charge < -0.3 is 14.8 Å². The van der Waals surface area contributed by atoms with Crippen molar-refractivity contribution in [1.29, 1.82) is 0 Å². The summed E-state index contributed by atoms with van der Waals surface area (Å²) in [4.78, 5) is 2.69. The van der Waals surface area contributed by atoms with Gasteiger partial charge in [0.2, 0.25) is 0 Å². The summed E-state index contributed by atoms with van der Waals surface area (Å²) in [5.41, 5.74) is 7.99. The van der Waals surface area contributed by atoms with Crippen LogP contribution in [-0.2, 0) is 4.57 Å². The summed E-state index contributed by atoms with van der Waals surface area (Å²) in [7, 11) is -3.23. The van der Waals surface area contributed by atoms with E-state index >= 15 is 0 Å².